The first-order valence-corrected chi connectivity index (χ1v) is 22.2. The van der Waals surface area contributed by atoms with Gasteiger partial charge in [-0.1, -0.05) is 26.8 Å². The smallest absolute Gasteiger partial charge is 0.416 e. The number of alkyl halides is 6. The second kappa shape index (κ2) is 16.8. The van der Waals surface area contributed by atoms with Gasteiger partial charge in [-0.25, -0.2) is 22.9 Å². The Labute approximate surface area is 328 Å². The lowest BCUT2D eigenvalue weighted by Crippen LogP contribution is -2.59. The molecule has 1 aliphatic heterocycles. The van der Waals surface area contributed by atoms with E-state index in [-0.39, 0.29) is 48.2 Å². The van der Waals surface area contributed by atoms with E-state index in [1.807, 2.05) is 33.9 Å². The summed E-state index contributed by atoms with van der Waals surface area (Å²) < 4.78 is 125. The van der Waals surface area contributed by atoms with Crippen LogP contribution in [0.5, 0.6) is 0 Å². The molecule has 56 heavy (non-hydrogen) atoms. The molecule has 8 nitrogen and oxygen atoms in total. The highest BCUT2D eigenvalue weighted by Gasteiger charge is 2.47. The topological polar surface area (TPSA) is 88.2 Å². The van der Waals surface area contributed by atoms with Crippen LogP contribution in [0.1, 0.15) is 108 Å². The molecule has 1 heterocycles. The van der Waals surface area contributed by atoms with Gasteiger partial charge in [-0.15, -0.1) is 0 Å². The van der Waals surface area contributed by atoms with Crippen molar-refractivity contribution < 1.29 is 53.7 Å². The Morgan fingerprint density at radius 2 is 1.57 bits per heavy atom. The number of urea groups is 1. The molecule has 0 spiro atoms. The van der Waals surface area contributed by atoms with Crippen molar-refractivity contribution in [2.75, 3.05) is 20.7 Å². The molecule has 2 aromatic carbocycles. The second-order valence-electron chi connectivity index (χ2n) is 17.0. The Balaban J connectivity index is 2.18. The van der Waals surface area contributed by atoms with E-state index in [1.54, 1.807) is 33.8 Å². The number of rotatable bonds is 10. The number of carbonyl (C=O) groups excluding carboxylic acids is 2. The predicted molar refractivity (Wildman–Crippen MR) is 205 cm³/mol. The Hall–Kier alpha value is -3.44. The monoisotopic (exact) mass is 837 g/mol. The molecule has 0 aliphatic carbocycles. The quantitative estimate of drug-likeness (QED) is 0.0847. The fourth-order valence-corrected chi connectivity index (χ4v) is 8.05. The number of ether oxygens (including phenoxy) is 1. The number of halogens is 7. The highest BCUT2D eigenvalue weighted by atomic mass is 32.2. The maximum Gasteiger partial charge on any atom is 0.416 e. The number of piperidine rings is 1. The maximum atomic E-state index is 14.5. The molecule has 2 amide bonds. The molecule has 4 atom stereocenters. The van der Waals surface area contributed by atoms with Crippen LogP contribution in [0, 0.1) is 12.7 Å². The van der Waals surface area contributed by atoms with Crippen molar-refractivity contribution in [3.05, 3.63) is 81.9 Å². The first kappa shape index (κ1) is 46.9. The zero-order valence-electron chi connectivity index (χ0n) is 34.0. The van der Waals surface area contributed by atoms with E-state index in [1.165, 1.54) is 44.2 Å². The standard InChI is InChI=1S/C39H54F7N3O5SSi/c1-24-19-29(40)13-14-30(24)31-23-37(47-55(52)35(3,4)5,16-15-32(33(50)53-10)54-56(11,12)36(6,7)8)17-18-49(31)34(51)48(9)25(2)26-20-27(38(41,42)43)22-28(21-26)39(44,45)46/h13-15,19-22,25,31,47H,16-18,23H2,1-12H3/b32-15-/t25-,31-,37-,55-/m1/s1. The van der Waals surface area contributed by atoms with Crippen molar-refractivity contribution in [2.24, 2.45) is 0 Å². The van der Waals surface area contributed by atoms with Gasteiger partial charge in [0.2, 0.25) is 0 Å². The van der Waals surface area contributed by atoms with Gasteiger partial charge in [-0.05, 0) is 125 Å². The van der Waals surface area contributed by atoms with Crippen LogP contribution in [0.3, 0.4) is 0 Å². The highest BCUT2D eigenvalue weighted by molar-refractivity contribution is 7.84. The minimum atomic E-state index is -5.09. The first-order valence-electron chi connectivity index (χ1n) is 18.1. The van der Waals surface area contributed by atoms with Crippen LogP contribution in [0.15, 0.2) is 48.2 Å². The molecule has 1 fully saturated rings. The van der Waals surface area contributed by atoms with Gasteiger partial charge in [0.05, 0.1) is 46.1 Å². The van der Waals surface area contributed by atoms with Crippen molar-refractivity contribution in [2.45, 2.75) is 128 Å². The van der Waals surface area contributed by atoms with Gasteiger partial charge in [0.1, 0.15) is 5.82 Å². The number of methoxy groups -OCH3 is 1. The zero-order chi connectivity index (χ0) is 43.0. The Morgan fingerprint density at radius 3 is 2.04 bits per heavy atom. The van der Waals surface area contributed by atoms with E-state index in [2.05, 4.69) is 4.72 Å². The largest absolute Gasteiger partial charge is 0.539 e. The summed E-state index contributed by atoms with van der Waals surface area (Å²) >= 11 is 0. The average molecular weight is 838 g/mol. The number of carbonyl (C=O) groups is 2. The van der Waals surface area contributed by atoms with Gasteiger partial charge in [-0.3, -0.25) is 0 Å². The summed E-state index contributed by atoms with van der Waals surface area (Å²) in [5.74, 6) is -1.27. The number of benzene rings is 2. The van der Waals surface area contributed by atoms with E-state index in [0.29, 0.717) is 23.3 Å². The lowest BCUT2D eigenvalue weighted by molar-refractivity contribution is -0.143. The molecule has 0 aromatic heterocycles. The van der Waals surface area contributed by atoms with Gasteiger partial charge in [0.15, 0.2) is 5.76 Å². The lowest BCUT2D eigenvalue weighted by atomic mass is 9.78. The SMILES string of the molecule is COC(=O)/C(=C/C[C@@]1(N[S@](=O)C(C)(C)C)CCN(C(=O)N(C)[C@H](C)c2cc(C(F)(F)F)cc(C(F)(F)F)c2)[C@@H](c2ccc(F)cc2C)C1)O[Si](C)(C)C(C)(C)C. The van der Waals surface area contributed by atoms with E-state index in [9.17, 15) is 44.5 Å². The molecule has 0 radical (unpaired) electrons. The van der Waals surface area contributed by atoms with Crippen LogP contribution < -0.4 is 4.72 Å². The van der Waals surface area contributed by atoms with Crippen LogP contribution in [0.4, 0.5) is 35.5 Å². The van der Waals surface area contributed by atoms with E-state index >= 15 is 0 Å². The molecular weight excluding hydrogens is 784 g/mol. The summed E-state index contributed by atoms with van der Waals surface area (Å²) in [5.41, 5.74) is -3.49. The normalized spacial score (nSPS) is 20.0. The average Bonchev–Trinajstić information content (AvgIpc) is 3.06. The van der Waals surface area contributed by atoms with Crippen LogP contribution in [0.2, 0.25) is 18.1 Å². The van der Waals surface area contributed by atoms with Crippen LogP contribution >= 0.6 is 0 Å². The Bertz CT molecular complexity index is 1790. The molecular formula is C39H54F7N3O5SSi. The van der Waals surface area contributed by atoms with Gasteiger partial charge in [-0.2, -0.15) is 26.3 Å². The van der Waals surface area contributed by atoms with Gasteiger partial charge < -0.3 is 19.0 Å². The fourth-order valence-electron chi connectivity index (χ4n) is 6.06. The molecule has 1 saturated heterocycles. The highest BCUT2D eigenvalue weighted by Crippen LogP contribution is 2.44. The summed E-state index contributed by atoms with van der Waals surface area (Å²) in [6, 6.07) is 2.40. The lowest BCUT2D eigenvalue weighted by Gasteiger charge is -2.49. The van der Waals surface area contributed by atoms with Crippen LogP contribution in [0.25, 0.3) is 0 Å². The molecule has 1 N–H and O–H groups in total. The van der Waals surface area contributed by atoms with E-state index < -0.39 is 83.0 Å². The maximum absolute atomic E-state index is 14.5. The van der Waals surface area contributed by atoms with Crippen LogP contribution in [-0.2, 0) is 37.3 Å². The third-order valence-electron chi connectivity index (χ3n) is 10.7. The zero-order valence-corrected chi connectivity index (χ0v) is 35.8. The summed E-state index contributed by atoms with van der Waals surface area (Å²) in [5, 5.41) is -0.285. The number of amides is 2. The van der Waals surface area contributed by atoms with Gasteiger partial charge in [0, 0.05) is 19.1 Å². The van der Waals surface area contributed by atoms with Crippen molar-refractivity contribution in [3.63, 3.8) is 0 Å². The molecule has 314 valence electrons. The van der Waals surface area contributed by atoms with Crippen molar-refractivity contribution in [1.29, 1.82) is 0 Å². The van der Waals surface area contributed by atoms with E-state index in [0.717, 1.165) is 4.90 Å². The fraction of sp³-hybridized carbons (Fsp3) is 0.590. The molecule has 17 heteroatoms. The third-order valence-corrected chi connectivity index (χ3v) is 16.8. The molecule has 0 saturated carbocycles. The van der Waals surface area contributed by atoms with Crippen molar-refractivity contribution in [1.82, 2.24) is 14.5 Å². The number of hydrogen-bond donors (Lipinski definition) is 1. The summed E-state index contributed by atoms with van der Waals surface area (Å²) in [6.07, 6.45) is -8.31. The number of nitrogens with zero attached hydrogens (tertiary/aromatic N) is 2. The van der Waals surface area contributed by atoms with Gasteiger partial charge >= 0.3 is 24.4 Å². The van der Waals surface area contributed by atoms with Crippen LogP contribution in [-0.4, -0.2) is 65.3 Å². The number of hydrogen-bond acceptors (Lipinski definition) is 5. The van der Waals surface area contributed by atoms with E-state index in [4.69, 9.17) is 9.16 Å². The first-order chi connectivity index (χ1) is 25.3. The number of likely N-dealkylation sites (tertiary alicyclic amines) is 1. The molecule has 3 rings (SSSR count). The molecule has 0 unspecified atom stereocenters. The summed E-state index contributed by atoms with van der Waals surface area (Å²) in [6.45, 7) is 18.2. The second-order valence-corrected chi connectivity index (χ2v) is 23.7. The predicted octanol–water partition coefficient (Wildman–Crippen LogP) is 10.4. The molecule has 2 aromatic rings. The van der Waals surface area contributed by atoms with Crippen molar-refractivity contribution >= 4 is 31.3 Å². The molecule has 1 aliphatic rings. The third kappa shape index (κ3) is 11.1. The summed E-state index contributed by atoms with van der Waals surface area (Å²) in [7, 11) is -1.74. The van der Waals surface area contributed by atoms with Crippen molar-refractivity contribution in [3.8, 4) is 0 Å². The van der Waals surface area contributed by atoms with Gasteiger partial charge in [0.25, 0.3) is 8.32 Å². The number of aryl methyl sites for hydroxylation is 1. The minimum absolute atomic E-state index is 0.0253. The molecule has 0 bridgehead atoms. The minimum Gasteiger partial charge on any atom is -0.539 e. The summed E-state index contributed by atoms with van der Waals surface area (Å²) in [4.78, 5) is 30.0. The Kier molecular flexibility index (Phi) is 14.1. The Morgan fingerprint density at radius 1 is 1.02 bits per heavy atom. The number of nitrogens with one attached hydrogen (secondary N) is 1. The number of esters is 1.